The smallest absolute Gasteiger partial charge is 0.0312 e. The molecule has 1 aromatic heterocycles. The van der Waals surface area contributed by atoms with E-state index in [4.69, 9.17) is 0 Å². The van der Waals surface area contributed by atoms with E-state index in [1.165, 1.54) is 19.5 Å². The Morgan fingerprint density at radius 2 is 1.27 bits per heavy atom. The molecule has 1 heterocycles. The molecule has 0 N–H and O–H groups in total. The van der Waals surface area contributed by atoms with Crippen molar-refractivity contribution in [1.29, 1.82) is 0 Å². The highest BCUT2D eigenvalue weighted by Gasteiger charge is 1.92. The van der Waals surface area contributed by atoms with E-state index in [0.29, 0.717) is 0 Å². The Labute approximate surface area is 94.6 Å². The molecule has 0 fully saturated rings. The summed E-state index contributed by atoms with van der Waals surface area (Å²) in [4.78, 5) is 0. The molecule has 0 amide bonds. The lowest BCUT2D eigenvalue weighted by Gasteiger charge is -1.78. The number of allylic oxidation sites excluding steroid dienone is 2. The van der Waals surface area contributed by atoms with Crippen molar-refractivity contribution < 1.29 is 0 Å². The zero-order chi connectivity index (χ0) is 11.3. The van der Waals surface area contributed by atoms with Crippen LogP contribution in [0.3, 0.4) is 0 Å². The van der Waals surface area contributed by atoms with Crippen LogP contribution < -0.4 is 19.5 Å². The van der Waals surface area contributed by atoms with Gasteiger partial charge in [-0.15, -0.1) is 11.3 Å². The van der Waals surface area contributed by atoms with Crippen molar-refractivity contribution in [3.63, 3.8) is 0 Å². The fourth-order valence-corrected chi connectivity index (χ4v) is 2.55. The predicted octanol–water partition coefficient (Wildman–Crippen LogP) is 1.28. The lowest BCUT2D eigenvalue weighted by Crippen LogP contribution is -2.37. The Morgan fingerprint density at radius 1 is 0.867 bits per heavy atom. The van der Waals surface area contributed by atoms with Gasteiger partial charge in [-0.1, -0.05) is 49.6 Å². The molecular formula is C14H16S. The van der Waals surface area contributed by atoms with Crippen LogP contribution in [0.2, 0.25) is 0 Å². The molecule has 78 valence electrons. The first-order valence-electron chi connectivity index (χ1n) is 4.95. The van der Waals surface area contributed by atoms with Crippen LogP contribution in [0.4, 0.5) is 0 Å². The first-order chi connectivity index (χ1) is 7.28. The highest BCUT2D eigenvalue weighted by atomic mass is 32.1. The van der Waals surface area contributed by atoms with E-state index in [-0.39, 0.29) is 0 Å². The number of hydrogen-bond acceptors (Lipinski definition) is 1. The summed E-state index contributed by atoms with van der Waals surface area (Å²) in [5, 5.41) is 2.48. The van der Waals surface area contributed by atoms with E-state index < -0.39 is 0 Å². The summed E-state index contributed by atoms with van der Waals surface area (Å²) in [5.41, 5.74) is 0. The van der Waals surface area contributed by atoms with Crippen LogP contribution in [-0.4, -0.2) is 0 Å². The monoisotopic (exact) mass is 216 g/mol. The normalized spacial score (nSPS) is 16.1. The molecule has 0 radical (unpaired) electrons. The van der Waals surface area contributed by atoms with Crippen molar-refractivity contribution in [3.05, 3.63) is 44.8 Å². The molecule has 15 heavy (non-hydrogen) atoms. The van der Waals surface area contributed by atoms with Gasteiger partial charge in [0.25, 0.3) is 0 Å². The zero-order valence-corrected chi connectivity index (χ0v) is 10.1. The zero-order valence-electron chi connectivity index (χ0n) is 9.29. The summed E-state index contributed by atoms with van der Waals surface area (Å²) in [6, 6.07) is 0. The van der Waals surface area contributed by atoms with Gasteiger partial charge in [0, 0.05) is 9.06 Å². The van der Waals surface area contributed by atoms with Crippen LogP contribution in [0.1, 0.15) is 13.8 Å². The number of hydrogen-bond donors (Lipinski definition) is 0. The first kappa shape index (κ1) is 11.7. The molecule has 0 saturated carbocycles. The van der Waals surface area contributed by atoms with Gasteiger partial charge in [-0.3, -0.25) is 0 Å². The molecule has 0 bridgehead atoms. The molecule has 1 aromatic rings. The highest BCUT2D eigenvalue weighted by Crippen LogP contribution is 1.73. The second kappa shape index (κ2) is 5.52. The van der Waals surface area contributed by atoms with Gasteiger partial charge in [-0.25, -0.2) is 0 Å². The van der Waals surface area contributed by atoms with E-state index in [2.05, 4.69) is 39.2 Å². The SMILES string of the molecule is C=C/C=c1/c(=C/C=C)/c(=C\C)s/c1=C/C. The molecule has 0 aliphatic carbocycles. The molecule has 0 aliphatic heterocycles. The third-order valence-corrected chi connectivity index (χ3v) is 3.49. The fraction of sp³-hybridized carbons (Fsp3) is 0.143. The Bertz CT molecular complexity index is 530. The van der Waals surface area contributed by atoms with Gasteiger partial charge < -0.3 is 0 Å². The quantitative estimate of drug-likeness (QED) is 0.699. The fourth-order valence-electron chi connectivity index (χ4n) is 1.50. The maximum atomic E-state index is 3.75. The average Bonchev–Trinajstić information content (AvgIpc) is 2.58. The van der Waals surface area contributed by atoms with Crippen molar-refractivity contribution in [2.45, 2.75) is 13.8 Å². The number of thiophene rings is 1. The summed E-state index contributed by atoms with van der Waals surface area (Å²) in [6.07, 6.45) is 12.0. The van der Waals surface area contributed by atoms with Crippen LogP contribution in [0.15, 0.2) is 25.3 Å². The second-order valence-electron chi connectivity index (χ2n) is 3.04. The van der Waals surface area contributed by atoms with E-state index >= 15 is 0 Å². The van der Waals surface area contributed by atoms with Crippen LogP contribution in [0.25, 0.3) is 24.3 Å². The maximum absolute atomic E-state index is 3.75. The van der Waals surface area contributed by atoms with Gasteiger partial charge in [0.2, 0.25) is 0 Å². The minimum Gasteiger partial charge on any atom is -0.136 e. The Hall–Kier alpha value is -1.34. The Morgan fingerprint density at radius 3 is 1.53 bits per heavy atom. The molecule has 1 rings (SSSR count). The third kappa shape index (κ3) is 2.37. The van der Waals surface area contributed by atoms with E-state index in [9.17, 15) is 0 Å². The molecule has 0 aliphatic rings. The molecule has 0 unspecified atom stereocenters. The largest absolute Gasteiger partial charge is 0.136 e. The molecule has 0 atom stereocenters. The van der Waals surface area contributed by atoms with Crippen molar-refractivity contribution >= 4 is 35.6 Å². The minimum absolute atomic E-state index is 1.24. The van der Waals surface area contributed by atoms with Crippen molar-refractivity contribution in [2.24, 2.45) is 0 Å². The standard InChI is InChI=1S/C14H16S/c1-5-9-11-12(10-6-2)14(8-4)15-13(11)7-3/h5-10H,1-2H2,3-4H3/b11-9-,12-10-,13-7+,14-8+. The van der Waals surface area contributed by atoms with Crippen molar-refractivity contribution in [2.75, 3.05) is 0 Å². The van der Waals surface area contributed by atoms with Crippen LogP contribution in [0, 0.1) is 0 Å². The molecule has 0 aromatic carbocycles. The van der Waals surface area contributed by atoms with Crippen molar-refractivity contribution in [1.82, 2.24) is 0 Å². The Balaban J connectivity index is 4.00. The van der Waals surface area contributed by atoms with Gasteiger partial charge in [0.05, 0.1) is 0 Å². The minimum atomic E-state index is 1.24. The first-order valence-corrected chi connectivity index (χ1v) is 5.77. The Kier molecular flexibility index (Phi) is 4.32. The van der Waals surface area contributed by atoms with Gasteiger partial charge >= 0.3 is 0 Å². The molecule has 0 spiro atoms. The topological polar surface area (TPSA) is 0 Å². The van der Waals surface area contributed by atoms with Crippen molar-refractivity contribution in [3.8, 4) is 0 Å². The van der Waals surface area contributed by atoms with Crippen LogP contribution in [-0.2, 0) is 0 Å². The summed E-state index contributed by atoms with van der Waals surface area (Å²) in [6.45, 7) is 11.6. The summed E-state index contributed by atoms with van der Waals surface area (Å²) in [5.74, 6) is 0. The van der Waals surface area contributed by atoms with E-state index in [1.807, 2.05) is 24.3 Å². The number of rotatable bonds is 2. The lowest BCUT2D eigenvalue weighted by atomic mass is 10.2. The summed E-state index contributed by atoms with van der Waals surface area (Å²) >= 11 is 1.80. The highest BCUT2D eigenvalue weighted by molar-refractivity contribution is 7.07. The maximum Gasteiger partial charge on any atom is 0.0312 e. The van der Waals surface area contributed by atoms with Gasteiger partial charge in [0.1, 0.15) is 0 Å². The van der Waals surface area contributed by atoms with Crippen LogP contribution in [0.5, 0.6) is 0 Å². The van der Waals surface area contributed by atoms with Gasteiger partial charge in [-0.05, 0) is 24.3 Å². The summed E-state index contributed by atoms with van der Waals surface area (Å²) < 4.78 is 2.58. The predicted molar refractivity (Wildman–Crippen MR) is 72.4 cm³/mol. The lowest BCUT2D eigenvalue weighted by molar-refractivity contribution is 1.56. The van der Waals surface area contributed by atoms with E-state index in [0.717, 1.165) is 0 Å². The second-order valence-corrected chi connectivity index (χ2v) is 4.12. The third-order valence-electron chi connectivity index (χ3n) is 2.13. The van der Waals surface area contributed by atoms with E-state index in [1.54, 1.807) is 11.3 Å². The van der Waals surface area contributed by atoms with Crippen LogP contribution >= 0.6 is 11.3 Å². The average molecular weight is 216 g/mol. The van der Waals surface area contributed by atoms with Gasteiger partial charge in [0.15, 0.2) is 0 Å². The van der Waals surface area contributed by atoms with Gasteiger partial charge in [-0.2, -0.15) is 0 Å². The summed E-state index contributed by atoms with van der Waals surface area (Å²) in [7, 11) is 0. The molecular weight excluding hydrogens is 200 g/mol. The molecule has 0 nitrogen and oxygen atoms in total. The molecule has 1 heteroatoms. The molecule has 0 saturated heterocycles.